The molecule has 0 saturated carbocycles. The third kappa shape index (κ3) is 4.76. The molecule has 0 bridgehead atoms. The highest BCUT2D eigenvalue weighted by molar-refractivity contribution is 7.92. The molecule has 0 radical (unpaired) electrons. The Morgan fingerprint density at radius 1 is 1.19 bits per heavy atom. The zero-order chi connectivity index (χ0) is 22.8. The summed E-state index contributed by atoms with van der Waals surface area (Å²) in [4.78, 5) is 14.4. The predicted octanol–water partition coefficient (Wildman–Crippen LogP) is 4.19. The van der Waals surface area contributed by atoms with Crippen molar-refractivity contribution in [3.8, 4) is 11.5 Å². The summed E-state index contributed by atoms with van der Waals surface area (Å²) in [6.45, 7) is 8.27. The normalized spacial score (nSPS) is 15.6. The summed E-state index contributed by atoms with van der Waals surface area (Å²) in [5.74, 6) is -0.411. The number of fused-ring (bicyclic) bond motifs is 1. The minimum Gasteiger partial charge on any atom is -0.491 e. The zero-order valence-corrected chi connectivity index (χ0v) is 18.9. The Labute approximate surface area is 182 Å². The van der Waals surface area contributed by atoms with Crippen molar-refractivity contribution in [3.05, 3.63) is 42.2 Å². The van der Waals surface area contributed by atoms with Crippen molar-refractivity contribution in [3.63, 3.8) is 0 Å². The van der Waals surface area contributed by atoms with Crippen molar-refractivity contribution >= 4 is 27.3 Å². The molecule has 168 valence electrons. The molecule has 1 N–H and O–H groups in total. The lowest BCUT2D eigenvalue weighted by Crippen LogP contribution is -2.42. The van der Waals surface area contributed by atoms with Crippen LogP contribution in [0.25, 0.3) is 0 Å². The molecule has 2 aromatic rings. The van der Waals surface area contributed by atoms with Crippen LogP contribution in [0, 0.1) is 11.2 Å². The molecule has 0 aliphatic carbocycles. The SMILES string of the molecule is CCCN1C(=O)C(C)(C)COc2cc(NS(=O)(=O)c3ccc(OCC)c(F)c3)ccc21. The molecule has 3 rings (SSSR count). The Morgan fingerprint density at radius 2 is 1.94 bits per heavy atom. The van der Waals surface area contributed by atoms with Crippen LogP contribution >= 0.6 is 0 Å². The molecular weight excluding hydrogens is 423 g/mol. The number of halogens is 1. The number of hydrogen-bond donors (Lipinski definition) is 1. The summed E-state index contributed by atoms with van der Waals surface area (Å²) in [7, 11) is -4.04. The van der Waals surface area contributed by atoms with E-state index in [4.69, 9.17) is 9.47 Å². The second-order valence-electron chi connectivity index (χ2n) is 7.94. The maximum atomic E-state index is 14.1. The molecule has 1 aliphatic heterocycles. The predicted molar refractivity (Wildman–Crippen MR) is 117 cm³/mol. The van der Waals surface area contributed by atoms with Gasteiger partial charge in [-0.05, 0) is 57.5 Å². The average Bonchev–Trinajstić information content (AvgIpc) is 2.80. The molecule has 9 heteroatoms. The van der Waals surface area contributed by atoms with E-state index in [1.54, 1.807) is 24.0 Å². The number of ether oxygens (including phenoxy) is 2. The highest BCUT2D eigenvalue weighted by atomic mass is 32.2. The fraction of sp³-hybridized carbons (Fsp3) is 0.409. The van der Waals surface area contributed by atoms with Crippen LogP contribution in [-0.4, -0.2) is 34.1 Å². The lowest BCUT2D eigenvalue weighted by Gasteiger charge is -2.27. The molecule has 1 amide bonds. The lowest BCUT2D eigenvalue weighted by atomic mass is 9.93. The number of anilines is 2. The second kappa shape index (κ2) is 8.74. The van der Waals surface area contributed by atoms with Crippen LogP contribution in [-0.2, 0) is 14.8 Å². The van der Waals surface area contributed by atoms with Crippen molar-refractivity contribution in [2.75, 3.05) is 29.4 Å². The minimum atomic E-state index is -4.04. The van der Waals surface area contributed by atoms with Gasteiger partial charge in [0.05, 0.1) is 28.3 Å². The van der Waals surface area contributed by atoms with Crippen LogP contribution < -0.4 is 19.1 Å². The molecule has 0 fully saturated rings. The molecule has 0 spiro atoms. The summed E-state index contributed by atoms with van der Waals surface area (Å²) in [5.41, 5.74) is 0.123. The van der Waals surface area contributed by atoms with E-state index in [9.17, 15) is 17.6 Å². The topological polar surface area (TPSA) is 84.9 Å². The Bertz CT molecular complexity index is 1090. The van der Waals surface area contributed by atoms with E-state index in [-0.39, 0.29) is 35.5 Å². The van der Waals surface area contributed by atoms with E-state index >= 15 is 0 Å². The number of rotatable bonds is 7. The van der Waals surface area contributed by atoms with Gasteiger partial charge in [-0.1, -0.05) is 6.92 Å². The van der Waals surface area contributed by atoms with Crippen LogP contribution in [0.5, 0.6) is 11.5 Å². The molecule has 2 aromatic carbocycles. The smallest absolute Gasteiger partial charge is 0.262 e. The molecule has 0 saturated heterocycles. The average molecular weight is 451 g/mol. The summed E-state index contributed by atoms with van der Waals surface area (Å²) < 4.78 is 53.1. The van der Waals surface area contributed by atoms with Gasteiger partial charge in [-0.25, -0.2) is 12.8 Å². The van der Waals surface area contributed by atoms with Crippen molar-refractivity contribution in [2.45, 2.75) is 39.0 Å². The standard InChI is InChI=1S/C22H27FN2O5S/c1-5-11-25-18-9-7-15(12-20(18)30-14-22(3,4)21(25)26)24-31(27,28)16-8-10-19(29-6-2)17(23)13-16/h7-10,12-13,24H,5-6,11,14H2,1-4H3. The van der Waals surface area contributed by atoms with Gasteiger partial charge >= 0.3 is 0 Å². The number of benzene rings is 2. The first-order valence-corrected chi connectivity index (χ1v) is 11.6. The molecule has 0 aromatic heterocycles. The second-order valence-corrected chi connectivity index (χ2v) is 9.62. The molecule has 1 aliphatic rings. The lowest BCUT2D eigenvalue weighted by molar-refractivity contribution is -0.127. The first-order valence-electron chi connectivity index (χ1n) is 10.1. The molecule has 1 heterocycles. The molecule has 0 unspecified atom stereocenters. The van der Waals surface area contributed by atoms with Gasteiger partial charge in [0.15, 0.2) is 11.6 Å². The van der Waals surface area contributed by atoms with Crippen molar-refractivity contribution in [1.29, 1.82) is 0 Å². The van der Waals surface area contributed by atoms with Gasteiger partial charge in [-0.2, -0.15) is 0 Å². The quantitative estimate of drug-likeness (QED) is 0.684. The van der Waals surface area contributed by atoms with Crippen molar-refractivity contribution in [1.82, 2.24) is 0 Å². The molecule has 0 atom stereocenters. The van der Waals surface area contributed by atoms with Crippen molar-refractivity contribution in [2.24, 2.45) is 5.41 Å². The van der Waals surface area contributed by atoms with Crippen LogP contribution in [0.1, 0.15) is 34.1 Å². The number of carbonyl (C=O) groups is 1. The van der Waals surface area contributed by atoms with E-state index in [1.165, 1.54) is 18.2 Å². The monoisotopic (exact) mass is 450 g/mol. The third-order valence-electron chi connectivity index (χ3n) is 4.88. The summed E-state index contributed by atoms with van der Waals surface area (Å²) >= 11 is 0. The van der Waals surface area contributed by atoms with E-state index in [0.717, 1.165) is 12.5 Å². The Morgan fingerprint density at radius 3 is 2.58 bits per heavy atom. The molecular formula is C22H27FN2O5S. The van der Waals surface area contributed by atoms with E-state index in [2.05, 4.69) is 4.72 Å². The van der Waals surface area contributed by atoms with Gasteiger partial charge in [0.2, 0.25) is 5.91 Å². The van der Waals surface area contributed by atoms with Gasteiger partial charge in [0.25, 0.3) is 10.0 Å². The van der Waals surface area contributed by atoms with Crippen LogP contribution in [0.3, 0.4) is 0 Å². The molecule has 31 heavy (non-hydrogen) atoms. The van der Waals surface area contributed by atoms with Gasteiger partial charge in [0.1, 0.15) is 12.4 Å². The fourth-order valence-corrected chi connectivity index (χ4v) is 4.35. The van der Waals surface area contributed by atoms with E-state index in [1.807, 2.05) is 20.8 Å². The first-order chi connectivity index (χ1) is 14.6. The number of nitrogens with one attached hydrogen (secondary N) is 1. The Balaban J connectivity index is 1.91. The Hall–Kier alpha value is -2.81. The first kappa shape index (κ1) is 22.9. The van der Waals surface area contributed by atoms with Gasteiger partial charge in [-0.15, -0.1) is 0 Å². The zero-order valence-electron chi connectivity index (χ0n) is 18.1. The minimum absolute atomic E-state index is 0.0109. The van der Waals surface area contributed by atoms with Crippen LogP contribution in [0.2, 0.25) is 0 Å². The summed E-state index contributed by atoms with van der Waals surface area (Å²) in [5, 5.41) is 0. The largest absolute Gasteiger partial charge is 0.491 e. The Kier molecular flexibility index (Phi) is 6.45. The fourth-order valence-electron chi connectivity index (χ4n) is 3.29. The number of hydrogen-bond acceptors (Lipinski definition) is 5. The summed E-state index contributed by atoms with van der Waals surface area (Å²) in [6.07, 6.45) is 0.763. The van der Waals surface area contributed by atoms with E-state index in [0.29, 0.717) is 18.0 Å². The van der Waals surface area contributed by atoms with Crippen LogP contribution in [0.15, 0.2) is 41.3 Å². The van der Waals surface area contributed by atoms with Gasteiger partial charge in [0, 0.05) is 12.6 Å². The van der Waals surface area contributed by atoms with E-state index < -0.39 is 21.3 Å². The number of amides is 1. The molecule has 7 nitrogen and oxygen atoms in total. The van der Waals surface area contributed by atoms with Crippen LogP contribution in [0.4, 0.5) is 15.8 Å². The number of sulfonamides is 1. The third-order valence-corrected chi connectivity index (χ3v) is 6.26. The highest BCUT2D eigenvalue weighted by Crippen LogP contribution is 2.38. The van der Waals surface area contributed by atoms with Crippen molar-refractivity contribution < 1.29 is 27.1 Å². The van der Waals surface area contributed by atoms with Gasteiger partial charge in [-0.3, -0.25) is 9.52 Å². The highest BCUT2D eigenvalue weighted by Gasteiger charge is 2.37. The number of carbonyl (C=O) groups excluding carboxylic acids is 1. The maximum Gasteiger partial charge on any atom is 0.262 e. The van der Waals surface area contributed by atoms with Gasteiger partial charge < -0.3 is 14.4 Å². The summed E-state index contributed by atoms with van der Waals surface area (Å²) in [6, 6.07) is 8.22. The maximum absolute atomic E-state index is 14.1. The number of nitrogens with zero attached hydrogens (tertiary/aromatic N) is 1.